The standard InChI is InChI=1S/C11H14N5O2Se/c1-2-5-8(19)7(17)11(18-5)16-4-15-6-9(12)13-3-14-10(6)16/h3-5,7-8,11,17H,2H2,1H3,(H2,12,13,14)/t5-,7-,8-,11-/m1/s1. The number of aliphatic hydroxyl groups is 1. The van der Waals surface area contributed by atoms with Gasteiger partial charge < -0.3 is 0 Å². The van der Waals surface area contributed by atoms with Crippen LogP contribution in [0.3, 0.4) is 0 Å². The van der Waals surface area contributed by atoms with Crippen molar-refractivity contribution < 1.29 is 9.84 Å². The molecule has 0 aliphatic carbocycles. The third-order valence-corrected chi connectivity index (χ3v) is 4.59. The van der Waals surface area contributed by atoms with Crippen molar-refractivity contribution in [2.24, 2.45) is 0 Å². The normalized spacial score (nSPS) is 31.1. The Bertz CT molecular complexity index is 604. The molecule has 1 fully saturated rings. The first-order valence-corrected chi connectivity index (χ1v) is 7.04. The molecular formula is C11H14N5O2Se. The third-order valence-electron chi connectivity index (χ3n) is 3.37. The van der Waals surface area contributed by atoms with E-state index in [2.05, 4.69) is 31.0 Å². The van der Waals surface area contributed by atoms with Gasteiger partial charge in [0.25, 0.3) is 0 Å². The van der Waals surface area contributed by atoms with E-state index in [0.29, 0.717) is 17.0 Å². The Morgan fingerprint density at radius 2 is 2.26 bits per heavy atom. The van der Waals surface area contributed by atoms with Crippen LogP contribution >= 0.6 is 0 Å². The van der Waals surface area contributed by atoms with Gasteiger partial charge in [-0.1, -0.05) is 0 Å². The molecule has 0 amide bonds. The first kappa shape index (κ1) is 12.8. The summed E-state index contributed by atoms with van der Waals surface area (Å²) < 4.78 is 7.57. The van der Waals surface area contributed by atoms with Crippen molar-refractivity contribution in [3.05, 3.63) is 12.7 Å². The summed E-state index contributed by atoms with van der Waals surface area (Å²) in [4.78, 5) is 12.2. The Labute approximate surface area is 118 Å². The molecule has 0 spiro atoms. The van der Waals surface area contributed by atoms with Gasteiger partial charge in [-0.2, -0.15) is 0 Å². The minimum absolute atomic E-state index is 0.0170. The fourth-order valence-electron chi connectivity index (χ4n) is 2.33. The van der Waals surface area contributed by atoms with E-state index in [1.807, 2.05) is 6.92 Å². The molecular weight excluding hydrogens is 313 g/mol. The van der Waals surface area contributed by atoms with Gasteiger partial charge in [0, 0.05) is 0 Å². The van der Waals surface area contributed by atoms with Crippen LogP contribution in [0.2, 0.25) is 4.82 Å². The number of ether oxygens (including phenoxy) is 1. The SMILES string of the molecule is CC[C@H]1O[C@@H](n2cnc3c(N)ncnc32)[C@H](O)[C@@H]1[Se]. The number of nitrogen functional groups attached to an aromatic ring is 1. The van der Waals surface area contributed by atoms with Gasteiger partial charge in [-0.05, 0) is 0 Å². The zero-order valence-electron chi connectivity index (χ0n) is 10.3. The third kappa shape index (κ3) is 1.92. The van der Waals surface area contributed by atoms with Gasteiger partial charge >= 0.3 is 117 Å². The van der Waals surface area contributed by atoms with E-state index in [4.69, 9.17) is 10.5 Å². The van der Waals surface area contributed by atoms with Crippen molar-refractivity contribution in [3.8, 4) is 0 Å². The quantitative estimate of drug-likeness (QED) is 0.755. The summed E-state index contributed by atoms with van der Waals surface area (Å²) in [5.74, 6) is 0.322. The molecule has 0 bridgehead atoms. The Morgan fingerprint density at radius 3 is 2.95 bits per heavy atom. The molecule has 2 aromatic heterocycles. The van der Waals surface area contributed by atoms with Gasteiger partial charge in [0.2, 0.25) is 0 Å². The van der Waals surface area contributed by atoms with Crippen LogP contribution in [-0.2, 0) is 4.74 Å². The minimum atomic E-state index is -0.640. The zero-order chi connectivity index (χ0) is 13.6. The monoisotopic (exact) mass is 328 g/mol. The number of hydrogen-bond acceptors (Lipinski definition) is 6. The van der Waals surface area contributed by atoms with E-state index in [0.717, 1.165) is 6.42 Å². The van der Waals surface area contributed by atoms with Crippen LogP contribution in [0, 0.1) is 0 Å². The van der Waals surface area contributed by atoms with Crippen LogP contribution in [0.4, 0.5) is 5.82 Å². The van der Waals surface area contributed by atoms with Crippen LogP contribution < -0.4 is 5.73 Å². The molecule has 4 atom stereocenters. The molecule has 1 radical (unpaired) electrons. The van der Waals surface area contributed by atoms with Crippen molar-refractivity contribution in [1.82, 2.24) is 19.5 Å². The van der Waals surface area contributed by atoms with Gasteiger partial charge in [0.05, 0.1) is 0 Å². The molecule has 2 aromatic rings. The number of anilines is 1. The van der Waals surface area contributed by atoms with E-state index in [9.17, 15) is 5.11 Å². The molecule has 3 N–H and O–H groups in total. The number of nitrogens with zero attached hydrogens (tertiary/aromatic N) is 4. The van der Waals surface area contributed by atoms with E-state index < -0.39 is 12.3 Å². The number of rotatable bonds is 2. The Morgan fingerprint density at radius 1 is 1.47 bits per heavy atom. The molecule has 8 heteroatoms. The number of hydrogen-bond donors (Lipinski definition) is 2. The predicted molar refractivity (Wildman–Crippen MR) is 69.4 cm³/mol. The second-order valence-electron chi connectivity index (χ2n) is 4.51. The molecule has 1 aliphatic rings. The summed E-state index contributed by atoms with van der Waals surface area (Å²) in [5.41, 5.74) is 6.84. The number of aliphatic hydroxyl groups excluding tert-OH is 1. The summed E-state index contributed by atoms with van der Waals surface area (Å²) in [6.45, 7) is 2.02. The van der Waals surface area contributed by atoms with Gasteiger partial charge in [-0.25, -0.2) is 0 Å². The van der Waals surface area contributed by atoms with Crippen LogP contribution in [0.15, 0.2) is 12.7 Å². The van der Waals surface area contributed by atoms with E-state index >= 15 is 0 Å². The molecule has 19 heavy (non-hydrogen) atoms. The molecule has 3 rings (SSSR count). The number of fused-ring (bicyclic) bond motifs is 1. The first-order valence-electron chi connectivity index (χ1n) is 6.05. The second kappa shape index (κ2) is 4.72. The van der Waals surface area contributed by atoms with Crippen molar-refractivity contribution >= 4 is 33.0 Å². The Hall–Kier alpha value is -1.21. The maximum absolute atomic E-state index is 10.3. The van der Waals surface area contributed by atoms with E-state index in [1.165, 1.54) is 6.33 Å². The van der Waals surface area contributed by atoms with Crippen LogP contribution in [0.25, 0.3) is 11.2 Å². The number of imidazole rings is 1. The van der Waals surface area contributed by atoms with Gasteiger partial charge in [-0.15, -0.1) is 0 Å². The molecule has 7 nitrogen and oxygen atoms in total. The van der Waals surface area contributed by atoms with Crippen molar-refractivity contribution in [1.29, 1.82) is 0 Å². The summed E-state index contributed by atoms with van der Waals surface area (Å²) in [7, 11) is 0. The average molecular weight is 327 g/mol. The number of nitrogens with two attached hydrogens (primary N) is 1. The van der Waals surface area contributed by atoms with Crippen LogP contribution in [0.1, 0.15) is 19.6 Å². The van der Waals surface area contributed by atoms with Gasteiger partial charge in [0.15, 0.2) is 0 Å². The van der Waals surface area contributed by atoms with Crippen molar-refractivity contribution in [3.63, 3.8) is 0 Å². The predicted octanol–water partition coefficient (Wildman–Crippen LogP) is 0.0338. The summed E-state index contributed by atoms with van der Waals surface area (Å²) in [5, 5.41) is 10.3. The fraction of sp³-hybridized carbons (Fsp3) is 0.545. The van der Waals surface area contributed by atoms with Crippen molar-refractivity contribution in [2.75, 3.05) is 5.73 Å². The van der Waals surface area contributed by atoms with Crippen LogP contribution in [-0.4, -0.2) is 52.8 Å². The topological polar surface area (TPSA) is 99.1 Å². The summed E-state index contributed by atoms with van der Waals surface area (Å²) in [6, 6.07) is 0. The van der Waals surface area contributed by atoms with Gasteiger partial charge in [-0.3, -0.25) is 0 Å². The molecule has 1 saturated heterocycles. The molecule has 101 valence electrons. The van der Waals surface area contributed by atoms with E-state index in [1.54, 1.807) is 10.9 Å². The second-order valence-corrected chi connectivity index (χ2v) is 5.65. The van der Waals surface area contributed by atoms with Gasteiger partial charge in [0.1, 0.15) is 0 Å². The number of aromatic nitrogens is 4. The molecule has 0 saturated carbocycles. The fourth-order valence-corrected chi connectivity index (χ4v) is 3.15. The van der Waals surface area contributed by atoms with Crippen LogP contribution in [0.5, 0.6) is 0 Å². The first-order chi connectivity index (χ1) is 9.13. The summed E-state index contributed by atoms with van der Waals surface area (Å²) >= 11 is 2.97. The summed E-state index contributed by atoms with van der Waals surface area (Å²) in [6.07, 6.45) is 2.62. The molecule has 3 heterocycles. The Kier molecular flexibility index (Phi) is 3.18. The molecule has 0 aromatic carbocycles. The van der Waals surface area contributed by atoms with Crippen molar-refractivity contribution in [2.45, 2.75) is 36.6 Å². The Balaban J connectivity index is 2.04. The zero-order valence-corrected chi connectivity index (χ0v) is 12.0. The molecule has 0 unspecified atom stereocenters. The maximum atomic E-state index is 10.3. The molecule has 1 aliphatic heterocycles. The van der Waals surface area contributed by atoms with E-state index in [-0.39, 0.29) is 10.9 Å². The average Bonchev–Trinajstić information content (AvgIpc) is 2.94.